The molecule has 5 aromatic rings. The second-order valence-corrected chi connectivity index (χ2v) is 10.8. The van der Waals surface area contributed by atoms with Gasteiger partial charge in [-0.15, -0.1) is 0 Å². The third kappa shape index (κ3) is 8.46. The first-order chi connectivity index (χ1) is 22.5. The first kappa shape index (κ1) is 32.6. The van der Waals surface area contributed by atoms with Gasteiger partial charge in [0, 0.05) is 30.9 Å². The van der Waals surface area contributed by atoms with Crippen molar-refractivity contribution in [3.05, 3.63) is 132 Å². The van der Waals surface area contributed by atoms with Gasteiger partial charge in [0.05, 0.1) is 17.7 Å². The van der Waals surface area contributed by atoms with Crippen LogP contribution in [0.5, 0.6) is 5.88 Å². The summed E-state index contributed by atoms with van der Waals surface area (Å²) in [6, 6.07) is 28.1. The molecule has 240 valence electrons. The molecule has 0 unspecified atom stereocenters. The molecular formula is C36H30F3N3O5. The van der Waals surface area contributed by atoms with Gasteiger partial charge < -0.3 is 25.0 Å². The summed E-state index contributed by atoms with van der Waals surface area (Å²) in [6.45, 7) is 2.15. The van der Waals surface area contributed by atoms with Gasteiger partial charge >= 0.3 is 18.2 Å². The molecule has 0 aliphatic rings. The topological polar surface area (TPSA) is 110 Å². The van der Waals surface area contributed by atoms with Gasteiger partial charge in [0.1, 0.15) is 0 Å². The number of ether oxygens (including phenoxy) is 1. The van der Waals surface area contributed by atoms with Crippen LogP contribution >= 0.6 is 0 Å². The van der Waals surface area contributed by atoms with Gasteiger partial charge in [0.15, 0.2) is 0 Å². The molecule has 8 nitrogen and oxygen atoms in total. The summed E-state index contributed by atoms with van der Waals surface area (Å²) in [7, 11) is 0. The van der Waals surface area contributed by atoms with Crippen molar-refractivity contribution in [3.63, 3.8) is 0 Å². The van der Waals surface area contributed by atoms with Gasteiger partial charge in [-0.05, 0) is 52.9 Å². The molecule has 0 saturated carbocycles. The van der Waals surface area contributed by atoms with E-state index in [1.165, 1.54) is 40.6 Å². The Morgan fingerprint density at radius 3 is 2.09 bits per heavy atom. The van der Waals surface area contributed by atoms with E-state index in [2.05, 4.69) is 10.6 Å². The van der Waals surface area contributed by atoms with E-state index in [1.807, 2.05) is 55.5 Å². The Kier molecular flexibility index (Phi) is 9.74. The maximum absolute atomic E-state index is 13.3. The number of carbonyl (C=O) groups is 3. The standard InChI is InChI=1S/C36H30F3N3O5/c1-23-6-10-25(11-7-23)26-12-8-24(9-13-26)21-40-35(46)47-32-20-29(22-42(32)19-18-33(43)44)41-34(45)31-5-3-2-4-30(31)27-14-16-28(17-15-27)36(37,38)39/h2-17,20,22H,18-19,21H2,1H3,(H,40,46)(H,41,45)(H,43,44). The number of carboxylic acids is 1. The van der Waals surface area contributed by atoms with E-state index in [4.69, 9.17) is 4.74 Å². The second-order valence-electron chi connectivity index (χ2n) is 10.8. The van der Waals surface area contributed by atoms with Gasteiger partial charge in [-0.1, -0.05) is 84.4 Å². The molecule has 0 radical (unpaired) electrons. The number of hydrogen-bond donors (Lipinski definition) is 3. The number of nitrogens with zero attached hydrogens (tertiary/aromatic N) is 1. The minimum Gasteiger partial charge on any atom is -0.481 e. The van der Waals surface area contributed by atoms with Crippen molar-refractivity contribution in [3.8, 4) is 28.1 Å². The number of rotatable bonds is 10. The average Bonchev–Trinajstić information content (AvgIpc) is 3.43. The Hall–Kier alpha value is -5.84. The van der Waals surface area contributed by atoms with Crippen LogP contribution in [-0.2, 0) is 24.1 Å². The summed E-state index contributed by atoms with van der Waals surface area (Å²) in [5.74, 6) is -1.63. The lowest BCUT2D eigenvalue weighted by Crippen LogP contribution is -2.27. The number of aryl methyl sites for hydroxylation is 2. The van der Waals surface area contributed by atoms with Crippen molar-refractivity contribution in [1.82, 2.24) is 9.88 Å². The number of anilines is 1. The van der Waals surface area contributed by atoms with Crippen LogP contribution in [-0.4, -0.2) is 27.6 Å². The predicted octanol–water partition coefficient (Wildman–Crippen LogP) is 8.16. The predicted molar refractivity (Wildman–Crippen MR) is 171 cm³/mol. The van der Waals surface area contributed by atoms with Crippen LogP contribution in [0.25, 0.3) is 22.3 Å². The smallest absolute Gasteiger partial charge is 0.416 e. The largest absolute Gasteiger partial charge is 0.481 e. The molecule has 47 heavy (non-hydrogen) atoms. The van der Waals surface area contributed by atoms with Crippen molar-refractivity contribution < 1.29 is 37.4 Å². The lowest BCUT2D eigenvalue weighted by Gasteiger charge is -2.11. The number of amides is 2. The molecule has 4 aromatic carbocycles. The molecule has 1 aromatic heterocycles. The molecule has 1 heterocycles. The van der Waals surface area contributed by atoms with E-state index >= 15 is 0 Å². The number of carbonyl (C=O) groups excluding carboxylic acids is 2. The SMILES string of the molecule is Cc1ccc(-c2ccc(CNC(=O)Oc3cc(NC(=O)c4ccccc4-c4ccc(C(F)(F)F)cc4)cn3CCC(=O)O)cc2)cc1. The maximum Gasteiger partial charge on any atom is 0.416 e. The fourth-order valence-electron chi connectivity index (χ4n) is 4.87. The molecule has 0 spiro atoms. The molecule has 0 aliphatic heterocycles. The molecule has 0 atom stereocenters. The quantitative estimate of drug-likeness (QED) is 0.143. The van der Waals surface area contributed by atoms with Crippen LogP contribution in [0.15, 0.2) is 109 Å². The summed E-state index contributed by atoms with van der Waals surface area (Å²) in [5.41, 5.74) is 4.53. The van der Waals surface area contributed by atoms with Crippen molar-refractivity contribution >= 4 is 23.7 Å². The number of halogens is 3. The first-order valence-electron chi connectivity index (χ1n) is 14.6. The number of aliphatic carboxylic acids is 1. The van der Waals surface area contributed by atoms with Crippen molar-refractivity contribution in [2.24, 2.45) is 0 Å². The summed E-state index contributed by atoms with van der Waals surface area (Å²) in [6.07, 6.45) is -4.11. The van der Waals surface area contributed by atoms with E-state index in [-0.39, 0.29) is 36.6 Å². The molecule has 0 fully saturated rings. The first-order valence-corrected chi connectivity index (χ1v) is 14.6. The maximum atomic E-state index is 13.3. The van der Waals surface area contributed by atoms with E-state index in [0.29, 0.717) is 11.1 Å². The van der Waals surface area contributed by atoms with Gasteiger partial charge in [0.25, 0.3) is 5.91 Å². The van der Waals surface area contributed by atoms with Crippen LogP contribution in [0, 0.1) is 6.92 Å². The normalized spacial score (nSPS) is 11.1. The molecule has 5 rings (SSSR count). The minimum absolute atomic E-state index is 0.00444. The zero-order valence-corrected chi connectivity index (χ0v) is 25.2. The number of aromatic nitrogens is 1. The average molecular weight is 642 g/mol. The number of nitrogens with one attached hydrogen (secondary N) is 2. The summed E-state index contributed by atoms with van der Waals surface area (Å²) < 4.78 is 46.0. The number of benzene rings is 4. The number of carboxylic acid groups (broad SMARTS) is 1. The Balaban J connectivity index is 1.27. The highest BCUT2D eigenvalue weighted by Crippen LogP contribution is 2.32. The summed E-state index contributed by atoms with van der Waals surface area (Å²) in [4.78, 5) is 37.3. The molecule has 3 N–H and O–H groups in total. The van der Waals surface area contributed by atoms with E-state index in [9.17, 15) is 32.7 Å². The van der Waals surface area contributed by atoms with Crippen molar-refractivity contribution in [2.75, 3.05) is 5.32 Å². The van der Waals surface area contributed by atoms with E-state index in [0.717, 1.165) is 28.8 Å². The zero-order chi connectivity index (χ0) is 33.6. The van der Waals surface area contributed by atoms with Gasteiger partial charge in [-0.2, -0.15) is 13.2 Å². The third-order valence-electron chi connectivity index (χ3n) is 7.35. The zero-order valence-electron chi connectivity index (χ0n) is 25.2. The molecule has 2 amide bonds. The lowest BCUT2D eigenvalue weighted by molar-refractivity contribution is -0.138. The second kappa shape index (κ2) is 14.1. The minimum atomic E-state index is -4.49. The van der Waals surface area contributed by atoms with Gasteiger partial charge in [-0.25, -0.2) is 4.79 Å². The summed E-state index contributed by atoms with van der Waals surface area (Å²) >= 11 is 0. The lowest BCUT2D eigenvalue weighted by atomic mass is 9.98. The van der Waals surface area contributed by atoms with Crippen molar-refractivity contribution in [1.29, 1.82) is 0 Å². The fraction of sp³-hybridized carbons (Fsp3) is 0.139. The summed E-state index contributed by atoms with van der Waals surface area (Å²) in [5, 5.41) is 14.6. The monoisotopic (exact) mass is 641 g/mol. The van der Waals surface area contributed by atoms with Gasteiger partial charge in [-0.3, -0.25) is 9.59 Å². The van der Waals surface area contributed by atoms with Gasteiger partial charge in [0.2, 0.25) is 5.88 Å². The highest BCUT2D eigenvalue weighted by molar-refractivity contribution is 6.08. The Labute approximate surface area is 268 Å². The van der Waals surface area contributed by atoms with E-state index < -0.39 is 29.7 Å². The molecule has 0 saturated heterocycles. The molecule has 0 aliphatic carbocycles. The Morgan fingerprint density at radius 1 is 0.830 bits per heavy atom. The molecular weight excluding hydrogens is 611 g/mol. The Morgan fingerprint density at radius 2 is 1.45 bits per heavy atom. The number of alkyl halides is 3. The van der Waals surface area contributed by atoms with Crippen LogP contribution in [0.2, 0.25) is 0 Å². The Bertz CT molecular complexity index is 1880. The van der Waals surface area contributed by atoms with E-state index in [1.54, 1.807) is 18.2 Å². The van der Waals surface area contributed by atoms with Crippen LogP contribution in [0.4, 0.5) is 23.7 Å². The van der Waals surface area contributed by atoms with Crippen LogP contribution in [0.3, 0.4) is 0 Å². The third-order valence-corrected chi connectivity index (χ3v) is 7.35. The molecule has 0 bridgehead atoms. The van der Waals surface area contributed by atoms with Crippen LogP contribution < -0.4 is 15.4 Å². The van der Waals surface area contributed by atoms with Crippen molar-refractivity contribution in [2.45, 2.75) is 32.6 Å². The number of hydrogen-bond acceptors (Lipinski definition) is 4. The highest BCUT2D eigenvalue weighted by Gasteiger charge is 2.30. The molecule has 11 heteroatoms. The fourth-order valence-corrected chi connectivity index (χ4v) is 4.87. The van der Waals surface area contributed by atoms with Crippen LogP contribution in [0.1, 0.15) is 33.5 Å². The highest BCUT2D eigenvalue weighted by atomic mass is 19.4.